The molecule has 5 heteroatoms. The zero-order valence-corrected chi connectivity index (χ0v) is 21.6. The van der Waals surface area contributed by atoms with Crippen LogP contribution in [-0.4, -0.2) is 10.2 Å². The summed E-state index contributed by atoms with van der Waals surface area (Å²) < 4.78 is -0.907. The summed E-state index contributed by atoms with van der Waals surface area (Å²) in [5, 5.41) is 4.97. The van der Waals surface area contributed by atoms with Gasteiger partial charge in [0, 0.05) is 26.6 Å². The van der Waals surface area contributed by atoms with Crippen molar-refractivity contribution in [2.24, 2.45) is 0 Å². The Balaban J connectivity index is 0.00000272. The summed E-state index contributed by atoms with van der Waals surface area (Å²) >= 11 is 14.6. The molecule has 160 valence electrons. The third kappa shape index (κ3) is 6.28. The van der Waals surface area contributed by atoms with Crippen LogP contribution in [0.25, 0.3) is 0 Å². The van der Waals surface area contributed by atoms with Crippen molar-refractivity contribution in [3.05, 3.63) is 121 Å². The normalized spacial score (nSPS) is 11.4. The molecule has 0 N–H and O–H groups in total. The van der Waals surface area contributed by atoms with Gasteiger partial charge in [0.05, 0.1) is 0 Å². The first-order valence-electron chi connectivity index (χ1n) is 9.81. The van der Waals surface area contributed by atoms with E-state index < -0.39 is 19.9 Å². The summed E-state index contributed by atoms with van der Waals surface area (Å²) in [6, 6.07) is 42.1. The van der Waals surface area contributed by atoms with Gasteiger partial charge in [0.1, 0.15) is 4.07 Å². The van der Waals surface area contributed by atoms with Crippen LogP contribution in [0.5, 0.6) is 0 Å². The largest absolute Gasteiger partial charge is 0.149 e. The Morgan fingerprint density at radius 1 is 0.484 bits per heavy atom. The van der Waals surface area contributed by atoms with E-state index in [9.17, 15) is 0 Å². The third-order valence-corrected chi connectivity index (χ3v) is 11.8. The minimum atomic E-state index is -0.960. The molecule has 4 aromatic carbocycles. The number of hydrogen-bond donors (Lipinski definition) is 0. The van der Waals surface area contributed by atoms with E-state index in [-0.39, 0.29) is 20.4 Å². The molecule has 0 heterocycles. The van der Waals surface area contributed by atoms with Crippen LogP contribution in [0, 0.1) is 0 Å². The quantitative estimate of drug-likeness (QED) is 0.137. The molecule has 0 saturated carbocycles. The fourth-order valence-electron chi connectivity index (χ4n) is 3.49. The summed E-state index contributed by atoms with van der Waals surface area (Å²) in [6.45, 7) is 0. The van der Waals surface area contributed by atoms with Crippen LogP contribution < -0.4 is 21.2 Å². The fraction of sp³-hybridized carbons (Fsp3) is 0.0769. The fourth-order valence-corrected chi connectivity index (χ4v) is 10.5. The van der Waals surface area contributed by atoms with Gasteiger partial charge in [-0.1, -0.05) is 145 Å². The van der Waals surface area contributed by atoms with E-state index >= 15 is 0 Å². The molecular weight excluding hydrogens is 552 g/mol. The smallest absolute Gasteiger partial charge is 0.0954 e. The maximum Gasteiger partial charge on any atom is 0.149 e. The van der Waals surface area contributed by atoms with Crippen molar-refractivity contribution < 1.29 is 20.4 Å². The summed E-state index contributed by atoms with van der Waals surface area (Å²) in [4.78, 5) is 0. The van der Waals surface area contributed by atoms with E-state index in [0.29, 0.717) is 6.16 Å². The van der Waals surface area contributed by atoms with E-state index in [1.807, 2.05) is 12.1 Å². The molecule has 0 saturated heterocycles. The van der Waals surface area contributed by atoms with Gasteiger partial charge < -0.3 is 0 Å². The van der Waals surface area contributed by atoms with Crippen LogP contribution in [0.2, 0.25) is 0 Å². The van der Waals surface area contributed by atoms with Gasteiger partial charge in [-0.2, -0.15) is 0 Å². The van der Waals surface area contributed by atoms with Gasteiger partial charge in [-0.25, -0.2) is 0 Å². The molecule has 0 unspecified atom stereocenters. The third-order valence-electron chi connectivity index (χ3n) is 4.84. The molecule has 0 amide bonds. The van der Waals surface area contributed by atoms with Crippen molar-refractivity contribution in [3.63, 3.8) is 0 Å². The molecule has 0 fully saturated rings. The van der Waals surface area contributed by atoms with Crippen molar-refractivity contribution in [1.29, 1.82) is 0 Å². The molecule has 0 nitrogen and oxygen atoms in total. The molecule has 0 aliphatic carbocycles. The number of rotatable bonds is 7. The standard InChI is InChI=1S/C26H22Cl2P2.Pd/c27-26(28,30(24-17-9-3-10-18-24)25-19-11-4-12-20-25)21-29(22-13-5-1-6-14-22)23-15-7-2-8-16-23;/h1-20H,21H2;. The molecule has 0 spiro atoms. The molecule has 0 bridgehead atoms. The number of halogens is 2. The van der Waals surface area contributed by atoms with Crippen molar-refractivity contribution in [2.45, 2.75) is 4.07 Å². The van der Waals surface area contributed by atoms with E-state index in [2.05, 4.69) is 109 Å². The Hall–Kier alpha value is -1.02. The van der Waals surface area contributed by atoms with Crippen molar-refractivity contribution in [2.75, 3.05) is 6.16 Å². The van der Waals surface area contributed by atoms with Gasteiger partial charge in [-0.05, 0) is 37.1 Å². The summed E-state index contributed by atoms with van der Waals surface area (Å²) in [5.41, 5.74) is 0. The summed E-state index contributed by atoms with van der Waals surface area (Å²) in [6.07, 6.45) is 0.689. The molecule has 4 rings (SSSR count). The monoisotopic (exact) mass is 572 g/mol. The maximum absolute atomic E-state index is 7.28. The van der Waals surface area contributed by atoms with E-state index in [1.54, 1.807) is 0 Å². The number of hydrogen-bond acceptors (Lipinski definition) is 0. The first-order valence-corrected chi connectivity index (χ1v) is 13.4. The predicted molar refractivity (Wildman–Crippen MR) is 137 cm³/mol. The average Bonchev–Trinajstić information content (AvgIpc) is 2.80. The Morgan fingerprint density at radius 2 is 0.774 bits per heavy atom. The molecule has 31 heavy (non-hydrogen) atoms. The number of alkyl halides is 2. The van der Waals surface area contributed by atoms with Gasteiger partial charge in [-0.15, -0.1) is 0 Å². The summed E-state index contributed by atoms with van der Waals surface area (Å²) in [7, 11) is -1.66. The van der Waals surface area contributed by atoms with Crippen LogP contribution in [0.3, 0.4) is 0 Å². The average molecular weight is 574 g/mol. The summed E-state index contributed by atoms with van der Waals surface area (Å²) in [5.74, 6) is 0. The zero-order chi connectivity index (χ0) is 20.8. The molecule has 0 aliphatic rings. The molecule has 0 atom stereocenters. The Morgan fingerprint density at radius 3 is 1.10 bits per heavy atom. The SMILES string of the molecule is ClC(Cl)(CP(c1ccccc1)c1ccccc1)P(c1ccccc1)c1ccccc1.[Pd]. The Kier molecular flexibility index (Phi) is 9.32. The topological polar surface area (TPSA) is 0 Å². The predicted octanol–water partition coefficient (Wildman–Crippen LogP) is 6.38. The molecular formula is C26H22Cl2P2Pd. The van der Waals surface area contributed by atoms with E-state index in [0.717, 1.165) is 0 Å². The molecule has 0 aromatic heterocycles. The van der Waals surface area contributed by atoms with E-state index in [1.165, 1.54) is 21.2 Å². The second-order valence-electron chi connectivity index (χ2n) is 6.93. The van der Waals surface area contributed by atoms with E-state index in [4.69, 9.17) is 23.2 Å². The Labute approximate surface area is 211 Å². The van der Waals surface area contributed by atoms with Gasteiger partial charge in [0.2, 0.25) is 0 Å². The van der Waals surface area contributed by atoms with Crippen LogP contribution in [-0.2, 0) is 20.4 Å². The van der Waals surface area contributed by atoms with Gasteiger partial charge in [-0.3, -0.25) is 0 Å². The van der Waals surface area contributed by atoms with Crippen molar-refractivity contribution >= 4 is 60.3 Å². The van der Waals surface area contributed by atoms with Crippen molar-refractivity contribution in [1.82, 2.24) is 0 Å². The van der Waals surface area contributed by atoms with Crippen LogP contribution >= 0.6 is 39.0 Å². The Bertz CT molecular complexity index is 967. The molecule has 0 radical (unpaired) electrons. The molecule has 0 aliphatic heterocycles. The second kappa shape index (κ2) is 11.7. The number of benzene rings is 4. The minimum absolute atomic E-state index is 0. The second-order valence-corrected chi connectivity index (χ2v) is 13.6. The van der Waals surface area contributed by atoms with Crippen LogP contribution in [0.4, 0.5) is 0 Å². The van der Waals surface area contributed by atoms with Crippen molar-refractivity contribution in [3.8, 4) is 0 Å². The maximum atomic E-state index is 7.28. The molecule has 4 aromatic rings. The van der Waals surface area contributed by atoms with Gasteiger partial charge >= 0.3 is 0 Å². The first kappa shape index (κ1) is 24.6. The zero-order valence-electron chi connectivity index (χ0n) is 16.7. The van der Waals surface area contributed by atoms with Crippen LogP contribution in [0.1, 0.15) is 0 Å². The first-order chi connectivity index (χ1) is 14.6. The van der Waals surface area contributed by atoms with Crippen LogP contribution in [0.15, 0.2) is 121 Å². The van der Waals surface area contributed by atoms with Gasteiger partial charge in [0.15, 0.2) is 0 Å². The van der Waals surface area contributed by atoms with Gasteiger partial charge in [0.25, 0.3) is 0 Å². The minimum Gasteiger partial charge on any atom is -0.0954 e.